The van der Waals surface area contributed by atoms with Crippen LogP contribution in [0.1, 0.15) is 49.6 Å². The van der Waals surface area contributed by atoms with E-state index >= 15 is 0 Å². The van der Waals surface area contributed by atoms with Crippen LogP contribution in [0.2, 0.25) is 0 Å². The highest BCUT2D eigenvalue weighted by atomic mass is 32.2. The Bertz CT molecular complexity index is 668. The predicted octanol–water partition coefficient (Wildman–Crippen LogP) is 5.42. The van der Waals surface area contributed by atoms with Crippen LogP contribution in [0.3, 0.4) is 0 Å². The van der Waals surface area contributed by atoms with E-state index in [4.69, 9.17) is 8.75 Å². The molecule has 2 aromatic rings. The molecule has 0 amide bonds. The van der Waals surface area contributed by atoms with E-state index in [9.17, 15) is 4.39 Å². The van der Waals surface area contributed by atoms with E-state index in [-0.39, 0.29) is 5.82 Å². The third-order valence-electron chi connectivity index (χ3n) is 4.14. The number of hydrogen-bond acceptors (Lipinski definition) is 5. The fraction of sp³-hybridized carbons (Fsp3) is 0.471. The number of aromatic nitrogens is 1. The highest BCUT2D eigenvalue weighted by molar-refractivity contribution is 7.94. The monoisotopic (exact) mass is 337 g/mol. The molecule has 0 aliphatic heterocycles. The summed E-state index contributed by atoms with van der Waals surface area (Å²) in [5.41, 5.74) is 1.68. The maximum atomic E-state index is 14.2. The van der Waals surface area contributed by atoms with Crippen LogP contribution < -0.4 is 0 Å². The highest BCUT2D eigenvalue weighted by Gasteiger charge is 2.24. The second-order valence-electron chi connectivity index (χ2n) is 5.75. The van der Waals surface area contributed by atoms with Crippen LogP contribution in [0, 0.1) is 12.7 Å². The number of rotatable bonds is 5. The third kappa shape index (κ3) is 3.76. The molecule has 0 N–H and O–H groups in total. The molecule has 6 heteroatoms. The van der Waals surface area contributed by atoms with Gasteiger partial charge in [0.25, 0.3) is 0 Å². The summed E-state index contributed by atoms with van der Waals surface area (Å²) in [7, 11) is 1.38. The van der Waals surface area contributed by atoms with Gasteiger partial charge in [-0.1, -0.05) is 19.3 Å². The van der Waals surface area contributed by atoms with Gasteiger partial charge in [-0.05, 0) is 31.0 Å². The van der Waals surface area contributed by atoms with Crippen molar-refractivity contribution in [3.05, 3.63) is 35.6 Å². The molecule has 1 aromatic heterocycles. The van der Waals surface area contributed by atoms with Crippen molar-refractivity contribution in [1.29, 1.82) is 0 Å². The summed E-state index contributed by atoms with van der Waals surface area (Å²) in [5.74, 6) is 1.36. The molecular formula is C17H20FNO3S. The molecule has 1 aliphatic rings. The van der Waals surface area contributed by atoms with E-state index in [2.05, 4.69) is 9.87 Å². The van der Waals surface area contributed by atoms with Crippen LogP contribution >= 0.6 is 12.0 Å². The van der Waals surface area contributed by atoms with Crippen LogP contribution in [-0.2, 0) is 9.22 Å². The fourth-order valence-corrected chi connectivity index (χ4v) is 3.49. The third-order valence-corrected chi connectivity index (χ3v) is 4.85. The second-order valence-corrected chi connectivity index (χ2v) is 6.49. The molecule has 1 fully saturated rings. The first-order valence-corrected chi connectivity index (χ1v) is 8.57. The molecule has 1 heterocycles. The first-order chi connectivity index (χ1) is 11.2. The van der Waals surface area contributed by atoms with Crippen LogP contribution in [0.15, 0.2) is 27.5 Å². The molecule has 4 nitrogen and oxygen atoms in total. The van der Waals surface area contributed by atoms with Gasteiger partial charge in [0, 0.05) is 18.4 Å². The number of nitrogens with zero attached hydrogens (tertiary/aromatic N) is 1. The van der Waals surface area contributed by atoms with Crippen molar-refractivity contribution >= 4 is 12.0 Å². The molecule has 1 aliphatic carbocycles. The molecule has 0 bridgehead atoms. The Morgan fingerprint density at radius 3 is 2.74 bits per heavy atom. The second kappa shape index (κ2) is 7.47. The van der Waals surface area contributed by atoms with Crippen molar-refractivity contribution in [3.63, 3.8) is 0 Å². The van der Waals surface area contributed by atoms with E-state index in [1.807, 2.05) is 13.0 Å². The van der Waals surface area contributed by atoms with Crippen molar-refractivity contribution in [1.82, 2.24) is 4.98 Å². The molecule has 124 valence electrons. The summed E-state index contributed by atoms with van der Waals surface area (Å²) >= 11 is 0.845. The first-order valence-electron chi connectivity index (χ1n) is 7.83. The van der Waals surface area contributed by atoms with Gasteiger partial charge in [-0.15, -0.1) is 0 Å². The number of aryl methyl sites for hydroxylation is 1. The summed E-state index contributed by atoms with van der Waals surface area (Å²) in [6.07, 6.45) is 5.96. The Morgan fingerprint density at radius 1 is 1.26 bits per heavy atom. The Balaban J connectivity index is 1.90. The summed E-state index contributed by atoms with van der Waals surface area (Å²) in [4.78, 5) is 9.43. The quantitative estimate of drug-likeness (QED) is 0.414. The van der Waals surface area contributed by atoms with Gasteiger partial charge in [-0.2, -0.15) is 4.33 Å². The average Bonchev–Trinajstić information content (AvgIpc) is 2.96. The van der Waals surface area contributed by atoms with Crippen molar-refractivity contribution in [2.75, 3.05) is 7.11 Å². The first kappa shape index (κ1) is 16.5. The van der Waals surface area contributed by atoms with Gasteiger partial charge in [0.05, 0.1) is 29.7 Å². The smallest absolute Gasteiger partial charge is 0.192 e. The molecular weight excluding hydrogens is 317 g/mol. The van der Waals surface area contributed by atoms with E-state index < -0.39 is 0 Å². The van der Waals surface area contributed by atoms with Gasteiger partial charge in [0.2, 0.25) is 0 Å². The van der Waals surface area contributed by atoms with E-state index in [1.54, 1.807) is 6.07 Å². The Hall–Kier alpha value is -1.37. The van der Waals surface area contributed by atoms with Crippen molar-refractivity contribution < 1.29 is 18.0 Å². The molecule has 1 aromatic carbocycles. The highest BCUT2D eigenvalue weighted by Crippen LogP contribution is 2.39. The van der Waals surface area contributed by atoms with Crippen molar-refractivity contribution in [2.45, 2.75) is 49.8 Å². The Kier molecular flexibility index (Phi) is 5.35. The van der Waals surface area contributed by atoms with E-state index in [0.717, 1.165) is 30.6 Å². The lowest BCUT2D eigenvalue weighted by molar-refractivity contribution is -0.160. The molecule has 0 atom stereocenters. The normalized spacial score (nSPS) is 16.0. The zero-order valence-corrected chi connectivity index (χ0v) is 14.1. The van der Waals surface area contributed by atoms with Gasteiger partial charge >= 0.3 is 0 Å². The molecule has 0 unspecified atom stereocenters. The zero-order chi connectivity index (χ0) is 16.2. The molecule has 0 saturated heterocycles. The average molecular weight is 337 g/mol. The Morgan fingerprint density at radius 2 is 2.04 bits per heavy atom. The minimum Gasteiger partial charge on any atom is -0.441 e. The predicted molar refractivity (Wildman–Crippen MR) is 86.4 cm³/mol. The number of oxazole rings is 1. The molecule has 1 saturated carbocycles. The largest absolute Gasteiger partial charge is 0.441 e. The van der Waals surface area contributed by atoms with Crippen LogP contribution in [0.25, 0.3) is 11.3 Å². The topological polar surface area (TPSA) is 44.5 Å². The van der Waals surface area contributed by atoms with Gasteiger partial charge in [-0.25, -0.2) is 14.3 Å². The number of benzene rings is 1. The summed E-state index contributed by atoms with van der Waals surface area (Å²) in [6, 6.07) is 4.96. The fourth-order valence-electron chi connectivity index (χ4n) is 3.08. The van der Waals surface area contributed by atoms with Gasteiger partial charge in [0.15, 0.2) is 11.7 Å². The summed E-state index contributed by atoms with van der Waals surface area (Å²) < 4.78 is 24.7. The lowest BCUT2D eigenvalue weighted by atomic mass is 9.85. The Labute approximate surface area is 139 Å². The van der Waals surface area contributed by atoms with Crippen LogP contribution in [0.5, 0.6) is 0 Å². The minimum atomic E-state index is -0.367. The lowest BCUT2D eigenvalue weighted by Crippen LogP contribution is -2.06. The molecule has 23 heavy (non-hydrogen) atoms. The maximum Gasteiger partial charge on any atom is 0.192 e. The number of hydrogen-bond donors (Lipinski definition) is 0. The zero-order valence-electron chi connectivity index (χ0n) is 13.3. The van der Waals surface area contributed by atoms with Crippen molar-refractivity contribution in [2.24, 2.45) is 0 Å². The maximum absolute atomic E-state index is 14.2. The SMILES string of the molecule is COOSc1ccc(-c2oc(C)nc2C2CCCCC2)cc1F. The van der Waals surface area contributed by atoms with E-state index in [0.29, 0.717) is 28.0 Å². The van der Waals surface area contributed by atoms with Gasteiger partial charge in [0.1, 0.15) is 5.82 Å². The summed E-state index contributed by atoms with van der Waals surface area (Å²) in [6.45, 7) is 1.84. The van der Waals surface area contributed by atoms with Gasteiger partial charge in [-0.3, -0.25) is 0 Å². The lowest BCUT2D eigenvalue weighted by Gasteiger charge is -2.20. The van der Waals surface area contributed by atoms with Gasteiger partial charge < -0.3 is 4.42 Å². The minimum absolute atomic E-state index is 0.367. The molecule has 3 rings (SSSR count). The molecule has 0 spiro atoms. The van der Waals surface area contributed by atoms with Crippen molar-refractivity contribution in [3.8, 4) is 11.3 Å². The number of halogens is 1. The standard InChI is InChI=1S/C17H20FNO3S/c1-11-19-16(12-6-4-3-5-7-12)17(21-11)13-8-9-15(14(18)10-13)23-22-20-2/h8-10,12H,3-7H2,1-2H3. The van der Waals surface area contributed by atoms with Crippen LogP contribution in [0.4, 0.5) is 4.39 Å². The summed E-state index contributed by atoms with van der Waals surface area (Å²) in [5, 5.41) is 0. The molecule has 0 radical (unpaired) electrons. The van der Waals surface area contributed by atoms with E-state index in [1.165, 1.54) is 32.4 Å². The van der Waals surface area contributed by atoms with Crippen LogP contribution in [-0.4, -0.2) is 12.1 Å².